The summed E-state index contributed by atoms with van der Waals surface area (Å²) in [6, 6.07) is 2.23. The fourth-order valence-corrected chi connectivity index (χ4v) is 2.11. The first-order chi connectivity index (χ1) is 9.51. The number of thioether (sulfide) groups is 1. The highest BCUT2D eigenvalue weighted by atomic mass is 32.2. The molecule has 0 unspecified atom stereocenters. The van der Waals surface area contributed by atoms with Crippen LogP contribution in [0.3, 0.4) is 0 Å². The van der Waals surface area contributed by atoms with Crippen molar-refractivity contribution in [3.63, 3.8) is 0 Å². The lowest BCUT2D eigenvalue weighted by atomic mass is 10.0. The lowest BCUT2D eigenvalue weighted by molar-refractivity contribution is -0.138. The van der Waals surface area contributed by atoms with Crippen molar-refractivity contribution >= 4 is 17.7 Å². The normalized spacial score (nSPS) is 11.9. The van der Waals surface area contributed by atoms with Crippen molar-refractivity contribution in [1.82, 2.24) is 0 Å². The Morgan fingerprint density at radius 2 is 1.81 bits per heavy atom. The van der Waals surface area contributed by atoms with Gasteiger partial charge >= 0.3 is 17.7 Å². The molecule has 1 aromatic carbocycles. The number of hydrogen-bond donors (Lipinski definition) is 0. The molecule has 10 heteroatoms. The predicted molar refractivity (Wildman–Crippen MR) is 59.4 cm³/mol. The van der Waals surface area contributed by atoms with Crippen LogP contribution in [-0.2, 0) is 10.9 Å². The van der Waals surface area contributed by atoms with E-state index in [1.54, 1.807) is 0 Å². The quantitative estimate of drug-likeness (QED) is 0.468. The predicted octanol–water partition coefficient (Wildman–Crippen LogP) is 3.98. The maximum Gasteiger partial charge on any atom is 0.446 e. The average Bonchev–Trinajstić information content (AvgIpc) is 2.34. The van der Waals surface area contributed by atoms with Gasteiger partial charge in [0, 0.05) is 4.90 Å². The molecule has 0 aliphatic heterocycles. The van der Waals surface area contributed by atoms with Gasteiger partial charge in [0.1, 0.15) is 6.07 Å². The fraction of sp³-hybridized carbons (Fsp3) is 0.273. The van der Waals surface area contributed by atoms with Gasteiger partial charge in [-0.2, -0.15) is 31.6 Å². The van der Waals surface area contributed by atoms with Crippen LogP contribution < -0.4 is 0 Å². The van der Waals surface area contributed by atoms with Crippen molar-refractivity contribution in [2.45, 2.75) is 16.6 Å². The van der Waals surface area contributed by atoms with Gasteiger partial charge in [-0.25, -0.2) is 4.79 Å². The van der Waals surface area contributed by atoms with Gasteiger partial charge < -0.3 is 4.74 Å². The topological polar surface area (TPSA) is 50.1 Å². The molecule has 0 saturated carbocycles. The molecule has 0 fully saturated rings. The van der Waals surface area contributed by atoms with Crippen molar-refractivity contribution in [2.75, 3.05) is 7.11 Å². The minimum absolute atomic E-state index is 0.545. The third-order valence-electron chi connectivity index (χ3n) is 2.19. The van der Waals surface area contributed by atoms with Crippen molar-refractivity contribution < 1.29 is 35.9 Å². The molecule has 0 saturated heterocycles. The van der Waals surface area contributed by atoms with Crippen LogP contribution in [0.15, 0.2) is 17.0 Å². The molecular formula is C11H5F6NO2S. The average molecular weight is 329 g/mol. The van der Waals surface area contributed by atoms with E-state index in [1.165, 1.54) is 0 Å². The summed E-state index contributed by atoms with van der Waals surface area (Å²) in [7, 11) is 0.812. The monoisotopic (exact) mass is 329 g/mol. The Balaban J connectivity index is 3.63. The Kier molecular flexibility index (Phi) is 4.78. The summed E-state index contributed by atoms with van der Waals surface area (Å²) in [5, 5.41) is 8.76. The number of methoxy groups -OCH3 is 1. The molecule has 0 amide bonds. The number of benzene rings is 1. The molecule has 114 valence electrons. The van der Waals surface area contributed by atoms with Gasteiger partial charge in [0.25, 0.3) is 0 Å². The molecule has 0 aliphatic rings. The van der Waals surface area contributed by atoms with Crippen LogP contribution in [0.2, 0.25) is 0 Å². The van der Waals surface area contributed by atoms with E-state index < -0.39 is 51.0 Å². The van der Waals surface area contributed by atoms with Crippen LogP contribution in [0.4, 0.5) is 26.3 Å². The molecule has 0 N–H and O–H groups in total. The van der Waals surface area contributed by atoms with E-state index in [4.69, 9.17) is 5.26 Å². The first kappa shape index (κ1) is 17.2. The molecule has 0 bridgehead atoms. The lowest BCUT2D eigenvalue weighted by Crippen LogP contribution is -2.17. The van der Waals surface area contributed by atoms with Gasteiger partial charge in [0.05, 0.1) is 23.8 Å². The summed E-state index contributed by atoms with van der Waals surface area (Å²) in [6.45, 7) is 0. The number of esters is 1. The van der Waals surface area contributed by atoms with Crippen LogP contribution >= 0.6 is 11.8 Å². The van der Waals surface area contributed by atoms with Gasteiger partial charge in [-0.15, -0.1) is 0 Å². The van der Waals surface area contributed by atoms with Crippen molar-refractivity contribution in [2.24, 2.45) is 0 Å². The second-order valence-electron chi connectivity index (χ2n) is 3.51. The lowest BCUT2D eigenvalue weighted by Gasteiger charge is -2.16. The molecule has 1 rings (SSSR count). The Bertz CT molecular complexity index is 602. The number of alkyl halides is 6. The standard InChI is InChI=1S/C11H5F6NO2S/c1-20-9(19)5-2-3-7(21-11(15,16)17)6(4-18)8(5)10(12,13)14/h2-3H,1H3. The summed E-state index contributed by atoms with van der Waals surface area (Å²) in [5.74, 6) is -1.40. The molecule has 3 nitrogen and oxygen atoms in total. The minimum Gasteiger partial charge on any atom is -0.465 e. The molecule has 0 aromatic heterocycles. The second kappa shape index (κ2) is 5.85. The van der Waals surface area contributed by atoms with Crippen LogP contribution in [0.5, 0.6) is 0 Å². The molecular weight excluding hydrogens is 324 g/mol. The zero-order valence-electron chi connectivity index (χ0n) is 10.1. The number of halogens is 6. The minimum atomic E-state index is -5.18. The number of rotatable bonds is 2. The highest BCUT2D eigenvalue weighted by molar-refractivity contribution is 8.00. The van der Waals surface area contributed by atoms with E-state index in [2.05, 4.69) is 4.74 Å². The second-order valence-corrected chi connectivity index (χ2v) is 4.62. The molecule has 0 radical (unpaired) electrons. The smallest absolute Gasteiger partial charge is 0.446 e. The number of nitriles is 1. The molecule has 21 heavy (non-hydrogen) atoms. The number of nitrogens with zero attached hydrogens (tertiary/aromatic N) is 1. The van der Waals surface area contributed by atoms with Crippen molar-refractivity contribution in [3.05, 3.63) is 28.8 Å². The fourth-order valence-electron chi connectivity index (χ4n) is 1.48. The zero-order chi connectivity index (χ0) is 16.4. The number of hydrogen-bond acceptors (Lipinski definition) is 4. The molecule has 0 spiro atoms. The van der Waals surface area contributed by atoms with E-state index >= 15 is 0 Å². The van der Waals surface area contributed by atoms with Gasteiger partial charge in [-0.05, 0) is 23.9 Å². The van der Waals surface area contributed by atoms with Crippen LogP contribution in [0.1, 0.15) is 21.5 Å². The van der Waals surface area contributed by atoms with E-state index in [-0.39, 0.29) is 0 Å². The number of carbonyl (C=O) groups is 1. The summed E-state index contributed by atoms with van der Waals surface area (Å²) < 4.78 is 79.9. The Hall–Kier alpha value is -1.89. The van der Waals surface area contributed by atoms with Crippen molar-refractivity contribution in [1.29, 1.82) is 5.26 Å². The van der Waals surface area contributed by atoms with Gasteiger partial charge in [-0.3, -0.25) is 0 Å². The maximum atomic E-state index is 13.0. The maximum absolute atomic E-state index is 13.0. The van der Waals surface area contributed by atoms with E-state index in [1.807, 2.05) is 0 Å². The zero-order valence-corrected chi connectivity index (χ0v) is 10.9. The molecule has 0 heterocycles. The largest absolute Gasteiger partial charge is 0.465 e. The summed E-state index contributed by atoms with van der Waals surface area (Å²) >= 11 is -0.864. The third-order valence-corrected chi connectivity index (χ3v) is 2.98. The third kappa shape index (κ3) is 4.04. The Labute approximate surface area is 118 Å². The van der Waals surface area contributed by atoms with E-state index in [9.17, 15) is 31.1 Å². The molecule has 1 aromatic rings. The van der Waals surface area contributed by atoms with Gasteiger partial charge in [-0.1, -0.05) is 0 Å². The Morgan fingerprint density at radius 1 is 1.24 bits per heavy atom. The first-order valence-corrected chi connectivity index (χ1v) is 5.81. The van der Waals surface area contributed by atoms with Crippen LogP contribution in [0.25, 0.3) is 0 Å². The van der Waals surface area contributed by atoms with Crippen LogP contribution in [0, 0.1) is 11.3 Å². The Morgan fingerprint density at radius 3 is 2.19 bits per heavy atom. The summed E-state index contributed by atoms with van der Waals surface area (Å²) in [6.07, 6.45) is -5.18. The van der Waals surface area contributed by atoms with Crippen molar-refractivity contribution in [3.8, 4) is 6.07 Å². The van der Waals surface area contributed by atoms with Gasteiger partial charge in [0.2, 0.25) is 0 Å². The SMILES string of the molecule is COC(=O)c1ccc(SC(F)(F)F)c(C#N)c1C(F)(F)F. The first-order valence-electron chi connectivity index (χ1n) is 4.99. The highest BCUT2D eigenvalue weighted by Crippen LogP contribution is 2.43. The summed E-state index contributed by atoms with van der Waals surface area (Å²) in [5.41, 5.74) is -8.91. The van der Waals surface area contributed by atoms with Crippen LogP contribution in [-0.4, -0.2) is 18.6 Å². The summed E-state index contributed by atoms with van der Waals surface area (Å²) in [4.78, 5) is 10.3. The highest BCUT2D eigenvalue weighted by Gasteiger charge is 2.41. The number of ether oxygens (including phenoxy) is 1. The van der Waals surface area contributed by atoms with E-state index in [0.29, 0.717) is 12.1 Å². The molecule has 0 atom stereocenters. The van der Waals surface area contributed by atoms with Gasteiger partial charge in [0.15, 0.2) is 0 Å². The van der Waals surface area contributed by atoms with E-state index in [0.717, 1.165) is 13.2 Å². The molecule has 0 aliphatic carbocycles. The number of carbonyl (C=O) groups excluding carboxylic acids is 1.